The van der Waals surface area contributed by atoms with Crippen molar-refractivity contribution in [1.82, 2.24) is 0 Å². The van der Waals surface area contributed by atoms with Crippen LogP contribution in [0.4, 0.5) is 0 Å². The second-order valence-electron chi connectivity index (χ2n) is 4.46. The molecular weight excluding hydrogens is 236 g/mol. The van der Waals surface area contributed by atoms with Crippen LogP contribution in [-0.4, -0.2) is 12.4 Å². The van der Waals surface area contributed by atoms with Crippen molar-refractivity contribution >= 4 is 5.78 Å². The minimum absolute atomic E-state index is 0.0183. The van der Waals surface area contributed by atoms with Crippen LogP contribution < -0.4 is 0 Å². The third-order valence-electron chi connectivity index (χ3n) is 3.06. The fraction of sp³-hybridized carbons (Fsp3) is 0.235. The second-order valence-corrected chi connectivity index (χ2v) is 4.46. The lowest BCUT2D eigenvalue weighted by Crippen LogP contribution is -2.07. The van der Waals surface area contributed by atoms with Crippen LogP contribution in [0.15, 0.2) is 60.7 Å². The van der Waals surface area contributed by atoms with Gasteiger partial charge in [-0.05, 0) is 12.5 Å². The Morgan fingerprint density at radius 3 is 2.21 bits per heavy atom. The number of carbonyl (C=O) groups is 1. The summed E-state index contributed by atoms with van der Waals surface area (Å²) in [6.45, 7) is 2.45. The number of Topliss-reactive ketones (excluding diaryl/α,β-unsaturated/α-hetero) is 1. The summed E-state index contributed by atoms with van der Waals surface area (Å²) in [5, 5.41) is 0. The maximum atomic E-state index is 11.9. The Morgan fingerprint density at radius 1 is 1.00 bits per heavy atom. The molecule has 0 saturated carbocycles. The Bertz CT molecular complexity index is 505. The predicted molar refractivity (Wildman–Crippen MR) is 76.2 cm³/mol. The van der Waals surface area contributed by atoms with Crippen LogP contribution in [0.3, 0.4) is 0 Å². The van der Waals surface area contributed by atoms with Gasteiger partial charge in [0.05, 0.1) is 12.7 Å². The number of hydrogen-bond donors (Lipinski definition) is 0. The van der Waals surface area contributed by atoms with Crippen LogP contribution in [0.2, 0.25) is 0 Å². The normalized spacial score (nSPS) is 12.1. The second kappa shape index (κ2) is 6.86. The van der Waals surface area contributed by atoms with Crippen molar-refractivity contribution in [2.24, 2.45) is 0 Å². The van der Waals surface area contributed by atoms with Gasteiger partial charge in [-0.25, -0.2) is 0 Å². The van der Waals surface area contributed by atoms with E-state index in [4.69, 9.17) is 4.74 Å². The summed E-state index contributed by atoms with van der Waals surface area (Å²) in [6.07, 6.45) is 0.436. The van der Waals surface area contributed by atoms with Gasteiger partial charge in [-0.2, -0.15) is 0 Å². The van der Waals surface area contributed by atoms with Crippen molar-refractivity contribution in [1.29, 1.82) is 0 Å². The predicted octanol–water partition coefficient (Wildman–Crippen LogP) is 4.04. The lowest BCUT2D eigenvalue weighted by molar-refractivity contribution is 0.0586. The molecule has 2 aromatic rings. The Balaban J connectivity index is 1.79. The van der Waals surface area contributed by atoms with E-state index in [2.05, 4.69) is 0 Å². The molecule has 0 spiro atoms. The molecule has 2 heteroatoms. The van der Waals surface area contributed by atoms with Crippen molar-refractivity contribution < 1.29 is 9.53 Å². The summed E-state index contributed by atoms with van der Waals surface area (Å²) in [4.78, 5) is 11.9. The van der Waals surface area contributed by atoms with Gasteiger partial charge in [0.15, 0.2) is 5.78 Å². The first-order chi connectivity index (χ1) is 9.27. The van der Waals surface area contributed by atoms with E-state index >= 15 is 0 Å². The largest absolute Gasteiger partial charge is 0.373 e. The summed E-state index contributed by atoms with van der Waals surface area (Å²) >= 11 is 0. The molecular formula is C17H18O2. The molecule has 1 unspecified atom stereocenters. The average molecular weight is 254 g/mol. The van der Waals surface area contributed by atoms with Crippen molar-refractivity contribution in [3.8, 4) is 0 Å². The summed E-state index contributed by atoms with van der Waals surface area (Å²) in [6, 6.07) is 19.4. The number of ketones is 1. The summed E-state index contributed by atoms with van der Waals surface area (Å²) in [7, 11) is 0. The van der Waals surface area contributed by atoms with E-state index in [-0.39, 0.29) is 11.9 Å². The maximum absolute atomic E-state index is 11.9. The van der Waals surface area contributed by atoms with E-state index in [1.165, 1.54) is 0 Å². The highest BCUT2D eigenvalue weighted by molar-refractivity contribution is 5.96. The third-order valence-corrected chi connectivity index (χ3v) is 3.06. The van der Waals surface area contributed by atoms with Crippen molar-refractivity contribution in [2.45, 2.75) is 19.4 Å². The van der Waals surface area contributed by atoms with E-state index in [0.717, 1.165) is 11.1 Å². The maximum Gasteiger partial charge on any atom is 0.165 e. The van der Waals surface area contributed by atoms with Crippen molar-refractivity contribution in [3.05, 3.63) is 71.8 Å². The average Bonchev–Trinajstić information content (AvgIpc) is 2.49. The fourth-order valence-electron chi connectivity index (χ4n) is 1.92. The van der Waals surface area contributed by atoms with Gasteiger partial charge in [-0.15, -0.1) is 0 Å². The minimum atomic E-state index is 0.0183. The van der Waals surface area contributed by atoms with Gasteiger partial charge in [-0.1, -0.05) is 60.7 Å². The first-order valence-electron chi connectivity index (χ1n) is 6.52. The number of ether oxygens (including phenoxy) is 1. The topological polar surface area (TPSA) is 26.3 Å². The van der Waals surface area contributed by atoms with Crippen LogP contribution in [0.5, 0.6) is 0 Å². The number of carbonyl (C=O) groups excluding carboxylic acids is 1. The molecule has 2 aromatic carbocycles. The summed E-state index contributed by atoms with van der Waals surface area (Å²) in [5.41, 5.74) is 1.88. The van der Waals surface area contributed by atoms with Crippen LogP contribution >= 0.6 is 0 Å². The molecule has 1 atom stereocenters. The number of rotatable bonds is 6. The van der Waals surface area contributed by atoms with E-state index < -0.39 is 0 Å². The molecule has 2 nitrogen and oxygen atoms in total. The quantitative estimate of drug-likeness (QED) is 0.727. The van der Waals surface area contributed by atoms with Gasteiger partial charge in [0.25, 0.3) is 0 Å². The summed E-state index contributed by atoms with van der Waals surface area (Å²) < 4.78 is 5.70. The van der Waals surface area contributed by atoms with E-state index in [1.807, 2.05) is 67.6 Å². The van der Waals surface area contributed by atoms with Crippen LogP contribution in [0.1, 0.15) is 35.4 Å². The zero-order valence-corrected chi connectivity index (χ0v) is 11.1. The Hall–Kier alpha value is -1.93. The molecule has 0 aromatic heterocycles. The van der Waals surface area contributed by atoms with Crippen LogP contribution in [0.25, 0.3) is 0 Å². The highest BCUT2D eigenvalue weighted by atomic mass is 16.5. The van der Waals surface area contributed by atoms with E-state index in [1.54, 1.807) is 0 Å². The minimum Gasteiger partial charge on any atom is -0.373 e. The SMILES string of the molecule is CC(OCCC(=O)c1ccccc1)c1ccccc1. The molecule has 0 aliphatic heterocycles. The first-order valence-corrected chi connectivity index (χ1v) is 6.52. The van der Waals surface area contributed by atoms with Gasteiger partial charge in [0, 0.05) is 12.0 Å². The monoisotopic (exact) mass is 254 g/mol. The Morgan fingerprint density at radius 2 is 1.58 bits per heavy atom. The molecule has 0 heterocycles. The zero-order valence-electron chi connectivity index (χ0n) is 11.1. The third kappa shape index (κ3) is 4.04. The fourth-order valence-corrected chi connectivity index (χ4v) is 1.92. The zero-order chi connectivity index (χ0) is 13.5. The van der Waals surface area contributed by atoms with Gasteiger partial charge in [0.2, 0.25) is 0 Å². The van der Waals surface area contributed by atoms with Crippen LogP contribution in [0, 0.1) is 0 Å². The molecule has 0 radical (unpaired) electrons. The molecule has 19 heavy (non-hydrogen) atoms. The molecule has 0 fully saturated rings. The molecule has 0 saturated heterocycles. The molecule has 98 valence electrons. The van der Waals surface area contributed by atoms with Gasteiger partial charge >= 0.3 is 0 Å². The molecule has 0 N–H and O–H groups in total. The van der Waals surface area contributed by atoms with Crippen molar-refractivity contribution in [2.75, 3.05) is 6.61 Å². The molecule has 0 bridgehead atoms. The van der Waals surface area contributed by atoms with Crippen molar-refractivity contribution in [3.63, 3.8) is 0 Å². The van der Waals surface area contributed by atoms with E-state index in [0.29, 0.717) is 13.0 Å². The highest BCUT2D eigenvalue weighted by Crippen LogP contribution is 2.16. The standard InChI is InChI=1S/C17H18O2/c1-14(15-8-4-2-5-9-15)19-13-12-17(18)16-10-6-3-7-11-16/h2-11,14H,12-13H2,1H3. The molecule has 2 rings (SSSR count). The molecule has 0 aliphatic carbocycles. The van der Waals surface area contributed by atoms with Gasteiger partial charge in [0.1, 0.15) is 0 Å². The number of benzene rings is 2. The molecule has 0 aliphatic rings. The van der Waals surface area contributed by atoms with Gasteiger partial charge in [-0.3, -0.25) is 4.79 Å². The Kier molecular flexibility index (Phi) is 4.87. The van der Waals surface area contributed by atoms with E-state index in [9.17, 15) is 4.79 Å². The van der Waals surface area contributed by atoms with Gasteiger partial charge < -0.3 is 4.74 Å². The lowest BCUT2D eigenvalue weighted by Gasteiger charge is -2.12. The summed E-state index contributed by atoms with van der Waals surface area (Å²) in [5.74, 6) is 0.126. The van der Waals surface area contributed by atoms with Crippen LogP contribution in [-0.2, 0) is 4.74 Å². The smallest absolute Gasteiger partial charge is 0.165 e. The highest BCUT2D eigenvalue weighted by Gasteiger charge is 2.08. The first kappa shape index (κ1) is 13.5. The molecule has 0 amide bonds. The lowest BCUT2D eigenvalue weighted by atomic mass is 10.1. The Labute approximate surface area is 114 Å². The number of hydrogen-bond acceptors (Lipinski definition) is 2.